The second-order valence-corrected chi connectivity index (χ2v) is 5.16. The molecule has 0 aliphatic heterocycles. The quantitative estimate of drug-likeness (QED) is 0.306. The van der Waals surface area contributed by atoms with Crippen LogP contribution in [0.5, 0.6) is 0 Å². The molecule has 112 valence electrons. The van der Waals surface area contributed by atoms with Crippen LogP contribution in [0, 0.1) is 5.41 Å². The van der Waals surface area contributed by atoms with Gasteiger partial charge in [0.05, 0.1) is 11.7 Å². The number of esters is 1. The molecule has 0 N–H and O–H groups in total. The van der Waals surface area contributed by atoms with Gasteiger partial charge in [0.1, 0.15) is 0 Å². The summed E-state index contributed by atoms with van der Waals surface area (Å²) < 4.78 is 5.12. The Balaban J connectivity index is 0. The van der Waals surface area contributed by atoms with Gasteiger partial charge in [-0.15, -0.1) is 0 Å². The molecule has 0 aliphatic rings. The van der Waals surface area contributed by atoms with Gasteiger partial charge in [0.25, 0.3) is 0 Å². The van der Waals surface area contributed by atoms with Crippen LogP contribution in [0.3, 0.4) is 0 Å². The van der Waals surface area contributed by atoms with Gasteiger partial charge in [0, 0.05) is 0 Å². The molecule has 0 heterocycles. The van der Waals surface area contributed by atoms with Gasteiger partial charge < -0.3 is 4.74 Å². The van der Waals surface area contributed by atoms with Crippen LogP contribution in [-0.4, -0.2) is 29.9 Å². The molecule has 2 radical (unpaired) electrons. The minimum absolute atomic E-state index is 0. The first-order chi connectivity index (χ1) is 8.66. The van der Waals surface area contributed by atoms with E-state index in [1.807, 2.05) is 0 Å². The summed E-state index contributed by atoms with van der Waals surface area (Å²) in [6.45, 7) is 10.0. The molecule has 0 saturated carbocycles. The zero-order valence-corrected chi connectivity index (χ0v) is 17.2. The van der Waals surface area contributed by atoms with Crippen molar-refractivity contribution in [2.24, 2.45) is 5.41 Å². The van der Waals surface area contributed by atoms with Crippen molar-refractivity contribution < 1.29 is 9.53 Å². The van der Waals surface area contributed by atoms with Gasteiger partial charge in [-0.2, -0.15) is 0 Å². The molecule has 0 atom stereocenters. The zero-order valence-electron chi connectivity index (χ0n) is 13.2. The molecular weight excluding hydrogens is 343 g/mol. The normalized spacial score (nSPS) is 10.7. The summed E-state index contributed by atoms with van der Waals surface area (Å²) in [4.78, 5) is 12.3. The predicted octanol–water partition coefficient (Wildman–Crippen LogP) is 4.31. The van der Waals surface area contributed by atoms with E-state index in [-0.39, 0.29) is 35.3 Å². The fraction of sp³-hybridized carbons (Fsp3) is 0.812. The predicted molar refractivity (Wildman–Crippen MR) is 85.8 cm³/mol. The topological polar surface area (TPSA) is 26.3 Å². The van der Waals surface area contributed by atoms with E-state index in [1.165, 1.54) is 6.26 Å². The van der Waals surface area contributed by atoms with Crippen molar-refractivity contribution in [1.82, 2.24) is 0 Å². The molecule has 0 aliphatic carbocycles. The summed E-state index contributed by atoms with van der Waals surface area (Å²) in [6.07, 6.45) is 10.8. The molecule has 0 amide bonds. The van der Waals surface area contributed by atoms with Crippen molar-refractivity contribution >= 4 is 29.9 Å². The van der Waals surface area contributed by atoms with E-state index < -0.39 is 0 Å². The zero-order chi connectivity index (χ0) is 13.9. The Labute approximate surface area is 136 Å². The fourth-order valence-corrected chi connectivity index (χ4v) is 2.43. The monoisotopic (exact) mass is 376 g/mol. The Bertz CT molecular complexity index is 217. The van der Waals surface area contributed by atoms with Gasteiger partial charge in [-0.05, 0) is 19.3 Å². The van der Waals surface area contributed by atoms with Crippen molar-refractivity contribution in [2.45, 2.75) is 78.6 Å². The number of ether oxygens (including phenoxy) is 1. The molecule has 0 aromatic heterocycles. The van der Waals surface area contributed by atoms with E-state index in [0.717, 1.165) is 57.8 Å². The molecule has 0 bridgehead atoms. The van der Waals surface area contributed by atoms with E-state index >= 15 is 0 Å². The van der Waals surface area contributed by atoms with Gasteiger partial charge in [-0.3, -0.25) is 4.79 Å². The van der Waals surface area contributed by atoms with Crippen molar-refractivity contribution in [3.05, 3.63) is 12.8 Å². The van der Waals surface area contributed by atoms with Gasteiger partial charge in [0.2, 0.25) is 0 Å². The second-order valence-electron chi connectivity index (χ2n) is 5.16. The Hall–Kier alpha value is 0.00870. The third kappa shape index (κ3) is 8.01. The molecule has 2 nitrogen and oxygen atoms in total. The first kappa shape index (κ1) is 21.3. The van der Waals surface area contributed by atoms with Crippen molar-refractivity contribution in [3.8, 4) is 0 Å². The number of hydrogen-bond donors (Lipinski definition) is 0. The number of carbonyl (C=O) groups is 1. The van der Waals surface area contributed by atoms with E-state index in [4.69, 9.17) is 4.74 Å². The molecule has 3 heteroatoms. The summed E-state index contributed by atoms with van der Waals surface area (Å²) in [7, 11) is 0. The molecule has 0 fully saturated rings. The third-order valence-electron chi connectivity index (χ3n) is 3.65. The van der Waals surface area contributed by atoms with Crippen LogP contribution in [0.4, 0.5) is 0 Å². The molecular formula is C16H32O2Sn. The Kier molecular flexibility index (Phi) is 14.6. The fourth-order valence-electron chi connectivity index (χ4n) is 2.43. The number of carbonyl (C=O) groups excluding carboxylic acids is 1. The summed E-state index contributed by atoms with van der Waals surface area (Å²) in [6, 6.07) is 0. The molecule has 0 aromatic rings. The van der Waals surface area contributed by atoms with Crippen LogP contribution in [-0.2, 0) is 9.53 Å². The van der Waals surface area contributed by atoms with Gasteiger partial charge >= 0.3 is 29.9 Å². The second kappa shape index (κ2) is 13.0. The van der Waals surface area contributed by atoms with Crippen molar-refractivity contribution in [1.29, 1.82) is 0 Å². The summed E-state index contributed by atoms with van der Waals surface area (Å²) in [5.74, 6) is -0.0622. The van der Waals surface area contributed by atoms with Crippen molar-refractivity contribution in [3.63, 3.8) is 0 Å². The number of unbranched alkanes of at least 4 members (excludes halogenated alkanes) is 3. The Morgan fingerprint density at radius 1 is 1.00 bits per heavy atom. The van der Waals surface area contributed by atoms with E-state index in [2.05, 4.69) is 27.4 Å². The van der Waals surface area contributed by atoms with E-state index in [1.54, 1.807) is 0 Å². The van der Waals surface area contributed by atoms with Crippen LogP contribution in [0.1, 0.15) is 78.6 Å². The summed E-state index contributed by atoms with van der Waals surface area (Å²) in [5, 5.41) is 0. The molecule has 0 spiro atoms. The summed E-state index contributed by atoms with van der Waals surface area (Å²) >= 11 is 0. The van der Waals surface area contributed by atoms with Crippen LogP contribution in [0.25, 0.3) is 0 Å². The molecule has 19 heavy (non-hydrogen) atoms. The first-order valence-corrected chi connectivity index (χ1v) is 7.48. The molecule has 0 aromatic carbocycles. The Morgan fingerprint density at radius 2 is 1.37 bits per heavy atom. The van der Waals surface area contributed by atoms with Crippen LogP contribution in [0.2, 0.25) is 0 Å². The van der Waals surface area contributed by atoms with E-state index in [9.17, 15) is 4.79 Å². The van der Waals surface area contributed by atoms with Crippen LogP contribution < -0.4 is 0 Å². The number of hydrogen-bond acceptors (Lipinski definition) is 2. The standard InChI is InChI=1S/C16H30O2.Sn.2H/c1-5-9-12-16(13-10-6-2,14-11-7-3)15(17)18-8-4;;;/h8H,4-7,9-14H2,1-3H3;;;. The van der Waals surface area contributed by atoms with Gasteiger partial charge in [0.15, 0.2) is 0 Å². The number of rotatable bonds is 11. The molecule has 0 rings (SSSR count). The average Bonchev–Trinajstić information content (AvgIpc) is 2.38. The van der Waals surface area contributed by atoms with Crippen LogP contribution >= 0.6 is 0 Å². The Morgan fingerprint density at radius 3 is 1.63 bits per heavy atom. The minimum atomic E-state index is -0.268. The molecule has 0 saturated heterocycles. The third-order valence-corrected chi connectivity index (χ3v) is 3.65. The van der Waals surface area contributed by atoms with Gasteiger partial charge in [-0.25, -0.2) is 0 Å². The van der Waals surface area contributed by atoms with Crippen molar-refractivity contribution in [2.75, 3.05) is 0 Å². The van der Waals surface area contributed by atoms with E-state index in [0.29, 0.717) is 0 Å². The molecule has 0 unspecified atom stereocenters. The van der Waals surface area contributed by atoms with Gasteiger partial charge in [-0.1, -0.05) is 65.9 Å². The average molecular weight is 375 g/mol. The first-order valence-electron chi connectivity index (χ1n) is 7.48. The van der Waals surface area contributed by atoms with Crippen LogP contribution in [0.15, 0.2) is 12.8 Å². The maximum atomic E-state index is 12.3. The summed E-state index contributed by atoms with van der Waals surface area (Å²) in [5.41, 5.74) is -0.268. The SMILES string of the molecule is C=COC(=O)C(CCCC)(CCCC)CCCC.[SnH2]. The maximum absolute atomic E-state index is 12.3.